The van der Waals surface area contributed by atoms with E-state index in [-0.39, 0.29) is 6.54 Å². The summed E-state index contributed by atoms with van der Waals surface area (Å²) in [6, 6.07) is 1.89. The standard InChI is InChI=1S/C7H13N3O/c1-6-2-3-10(9-6)5-7(11)4-8/h2-3,7,11H,4-5,8H2,1H3/t7-/m0/s1. The highest BCUT2D eigenvalue weighted by Crippen LogP contribution is 1.93. The van der Waals surface area contributed by atoms with E-state index in [1.807, 2.05) is 19.2 Å². The van der Waals surface area contributed by atoms with Gasteiger partial charge < -0.3 is 10.8 Å². The molecule has 0 amide bonds. The van der Waals surface area contributed by atoms with E-state index in [2.05, 4.69) is 5.10 Å². The Labute approximate surface area is 65.6 Å². The third-order valence-corrected chi connectivity index (χ3v) is 1.44. The van der Waals surface area contributed by atoms with E-state index in [1.165, 1.54) is 0 Å². The number of aliphatic hydroxyl groups is 1. The van der Waals surface area contributed by atoms with Gasteiger partial charge in [-0.2, -0.15) is 5.10 Å². The van der Waals surface area contributed by atoms with Crippen LogP contribution in [0.2, 0.25) is 0 Å². The quantitative estimate of drug-likeness (QED) is 0.619. The Morgan fingerprint density at radius 1 is 1.82 bits per heavy atom. The summed E-state index contributed by atoms with van der Waals surface area (Å²) in [6.07, 6.45) is 1.34. The van der Waals surface area contributed by atoms with Gasteiger partial charge in [-0.15, -0.1) is 0 Å². The first-order valence-corrected chi connectivity index (χ1v) is 3.60. The topological polar surface area (TPSA) is 64.1 Å². The van der Waals surface area contributed by atoms with E-state index < -0.39 is 6.10 Å². The molecule has 1 aromatic heterocycles. The minimum absolute atomic E-state index is 0.277. The second-order valence-corrected chi connectivity index (χ2v) is 2.57. The average molecular weight is 155 g/mol. The fraction of sp³-hybridized carbons (Fsp3) is 0.571. The van der Waals surface area contributed by atoms with Crippen LogP contribution in [-0.2, 0) is 6.54 Å². The van der Waals surface area contributed by atoms with Gasteiger partial charge in [-0.3, -0.25) is 4.68 Å². The van der Waals surface area contributed by atoms with Crippen molar-refractivity contribution in [1.29, 1.82) is 0 Å². The van der Waals surface area contributed by atoms with Gasteiger partial charge in [0.1, 0.15) is 0 Å². The molecule has 0 unspecified atom stereocenters. The first kappa shape index (κ1) is 8.23. The molecule has 3 N–H and O–H groups in total. The summed E-state index contributed by atoms with van der Waals surface area (Å²) >= 11 is 0. The molecular formula is C7H13N3O. The second-order valence-electron chi connectivity index (χ2n) is 2.57. The molecule has 0 aliphatic heterocycles. The number of nitrogens with zero attached hydrogens (tertiary/aromatic N) is 2. The van der Waals surface area contributed by atoms with E-state index >= 15 is 0 Å². The van der Waals surface area contributed by atoms with Gasteiger partial charge in [0.25, 0.3) is 0 Å². The normalized spacial score (nSPS) is 13.4. The predicted molar refractivity (Wildman–Crippen MR) is 42.0 cm³/mol. The Bertz CT molecular complexity index is 221. The summed E-state index contributed by atoms with van der Waals surface area (Å²) in [5.41, 5.74) is 6.19. The molecule has 1 heterocycles. The van der Waals surface area contributed by atoms with Crippen LogP contribution in [0.3, 0.4) is 0 Å². The van der Waals surface area contributed by atoms with Gasteiger partial charge in [-0.05, 0) is 13.0 Å². The maximum absolute atomic E-state index is 9.13. The molecule has 1 aromatic rings. The van der Waals surface area contributed by atoms with Crippen LogP contribution in [0, 0.1) is 6.92 Å². The van der Waals surface area contributed by atoms with Gasteiger partial charge in [0.05, 0.1) is 18.3 Å². The molecule has 62 valence electrons. The maximum atomic E-state index is 9.13. The predicted octanol–water partition coefficient (Wildman–Crippen LogP) is -0.489. The minimum atomic E-state index is -0.491. The number of hydrogen-bond donors (Lipinski definition) is 2. The van der Waals surface area contributed by atoms with Crippen molar-refractivity contribution in [2.45, 2.75) is 19.6 Å². The minimum Gasteiger partial charge on any atom is -0.390 e. The molecule has 1 rings (SSSR count). The number of hydrogen-bond acceptors (Lipinski definition) is 3. The first-order valence-electron chi connectivity index (χ1n) is 3.60. The van der Waals surface area contributed by atoms with Crippen LogP contribution < -0.4 is 5.73 Å². The Hall–Kier alpha value is -0.870. The van der Waals surface area contributed by atoms with Crippen molar-refractivity contribution < 1.29 is 5.11 Å². The largest absolute Gasteiger partial charge is 0.390 e. The van der Waals surface area contributed by atoms with Crippen LogP contribution >= 0.6 is 0 Å². The molecule has 0 saturated heterocycles. The van der Waals surface area contributed by atoms with Gasteiger partial charge in [0.15, 0.2) is 0 Å². The van der Waals surface area contributed by atoms with Crippen molar-refractivity contribution in [2.75, 3.05) is 6.54 Å². The van der Waals surface area contributed by atoms with Crippen molar-refractivity contribution in [3.8, 4) is 0 Å². The molecule has 4 nitrogen and oxygen atoms in total. The molecule has 0 aliphatic rings. The summed E-state index contributed by atoms with van der Waals surface area (Å²) in [5, 5.41) is 13.2. The number of nitrogens with two attached hydrogens (primary N) is 1. The van der Waals surface area contributed by atoms with Crippen molar-refractivity contribution in [3.63, 3.8) is 0 Å². The van der Waals surface area contributed by atoms with Crippen molar-refractivity contribution in [3.05, 3.63) is 18.0 Å². The molecular weight excluding hydrogens is 142 g/mol. The first-order chi connectivity index (χ1) is 5.22. The highest BCUT2D eigenvalue weighted by molar-refractivity contribution is 4.94. The van der Waals surface area contributed by atoms with E-state index in [0.29, 0.717) is 6.54 Å². The molecule has 0 fully saturated rings. The van der Waals surface area contributed by atoms with Gasteiger partial charge in [-0.25, -0.2) is 0 Å². The third kappa shape index (κ3) is 2.32. The number of aromatic nitrogens is 2. The lowest BCUT2D eigenvalue weighted by Crippen LogP contribution is -2.25. The van der Waals surface area contributed by atoms with Crippen LogP contribution in [0.5, 0.6) is 0 Å². The molecule has 0 spiro atoms. The Kier molecular flexibility index (Phi) is 2.62. The molecule has 0 aliphatic carbocycles. The zero-order valence-electron chi connectivity index (χ0n) is 6.57. The van der Waals surface area contributed by atoms with Crippen LogP contribution in [0.1, 0.15) is 5.69 Å². The number of rotatable bonds is 3. The highest BCUT2D eigenvalue weighted by Gasteiger charge is 2.01. The zero-order chi connectivity index (χ0) is 8.27. The van der Waals surface area contributed by atoms with Crippen LogP contribution in [0.4, 0.5) is 0 Å². The smallest absolute Gasteiger partial charge is 0.0857 e. The lowest BCUT2D eigenvalue weighted by atomic mass is 10.4. The van der Waals surface area contributed by atoms with Gasteiger partial charge in [-0.1, -0.05) is 0 Å². The van der Waals surface area contributed by atoms with E-state index in [0.717, 1.165) is 5.69 Å². The Morgan fingerprint density at radius 3 is 3.00 bits per heavy atom. The Morgan fingerprint density at radius 2 is 2.55 bits per heavy atom. The SMILES string of the molecule is Cc1ccn(C[C@@H](O)CN)n1. The molecule has 1 atom stereocenters. The Balaban J connectivity index is 2.50. The van der Waals surface area contributed by atoms with Crippen molar-refractivity contribution in [1.82, 2.24) is 9.78 Å². The fourth-order valence-corrected chi connectivity index (χ4v) is 0.855. The van der Waals surface area contributed by atoms with Crippen molar-refractivity contribution in [2.24, 2.45) is 5.73 Å². The summed E-state index contributed by atoms with van der Waals surface area (Å²) in [7, 11) is 0. The molecule has 0 radical (unpaired) electrons. The summed E-state index contributed by atoms with van der Waals surface area (Å²) in [5.74, 6) is 0. The van der Waals surface area contributed by atoms with E-state index in [4.69, 9.17) is 10.8 Å². The summed E-state index contributed by atoms with van der Waals surface area (Å²) < 4.78 is 1.69. The lowest BCUT2D eigenvalue weighted by Gasteiger charge is -2.06. The summed E-state index contributed by atoms with van der Waals surface area (Å²) in [6.45, 7) is 2.66. The van der Waals surface area contributed by atoms with Gasteiger partial charge in [0.2, 0.25) is 0 Å². The van der Waals surface area contributed by atoms with E-state index in [1.54, 1.807) is 4.68 Å². The maximum Gasteiger partial charge on any atom is 0.0857 e. The molecule has 0 bridgehead atoms. The highest BCUT2D eigenvalue weighted by atomic mass is 16.3. The average Bonchev–Trinajstić information content (AvgIpc) is 2.35. The molecule has 0 aromatic carbocycles. The third-order valence-electron chi connectivity index (χ3n) is 1.44. The zero-order valence-corrected chi connectivity index (χ0v) is 6.57. The lowest BCUT2D eigenvalue weighted by molar-refractivity contribution is 0.157. The molecule has 4 heteroatoms. The van der Waals surface area contributed by atoms with Crippen LogP contribution in [0.15, 0.2) is 12.3 Å². The van der Waals surface area contributed by atoms with Crippen LogP contribution in [-0.4, -0.2) is 27.5 Å². The monoisotopic (exact) mass is 155 g/mol. The molecule has 11 heavy (non-hydrogen) atoms. The number of aryl methyl sites for hydroxylation is 1. The number of aliphatic hydroxyl groups excluding tert-OH is 1. The van der Waals surface area contributed by atoms with Gasteiger partial charge >= 0.3 is 0 Å². The van der Waals surface area contributed by atoms with E-state index in [9.17, 15) is 0 Å². The fourth-order valence-electron chi connectivity index (χ4n) is 0.855. The van der Waals surface area contributed by atoms with Gasteiger partial charge in [0, 0.05) is 12.7 Å². The second kappa shape index (κ2) is 3.50. The van der Waals surface area contributed by atoms with Crippen molar-refractivity contribution >= 4 is 0 Å². The van der Waals surface area contributed by atoms with Crippen LogP contribution in [0.25, 0.3) is 0 Å². The molecule has 0 saturated carbocycles. The summed E-state index contributed by atoms with van der Waals surface area (Å²) in [4.78, 5) is 0.